The first-order valence-electron chi connectivity index (χ1n) is 8.30. The number of aliphatic carboxylic acids is 1. The molecule has 130 valence electrons. The van der Waals surface area contributed by atoms with Gasteiger partial charge >= 0.3 is 12.0 Å². The zero-order valence-corrected chi connectivity index (χ0v) is 13.8. The number of rotatable bonds is 6. The molecular weight excluding hydrogens is 318 g/mol. The van der Waals surface area contributed by atoms with Crippen molar-refractivity contribution in [3.05, 3.63) is 53.6 Å². The molecule has 6 nitrogen and oxygen atoms in total. The predicted octanol–water partition coefficient (Wildman–Crippen LogP) is 2.57. The first-order valence-corrected chi connectivity index (χ1v) is 8.30. The molecule has 6 heteroatoms. The number of carboxylic acids is 1. The number of anilines is 1. The Bertz CT molecular complexity index is 804. The fourth-order valence-corrected chi connectivity index (χ4v) is 3.13. The van der Waals surface area contributed by atoms with Crippen LogP contribution in [0, 0.1) is 0 Å². The maximum atomic E-state index is 12.1. The Balaban J connectivity index is 1.67. The molecule has 0 bridgehead atoms. The second kappa shape index (κ2) is 7.36. The van der Waals surface area contributed by atoms with Crippen molar-refractivity contribution in [2.75, 3.05) is 11.9 Å². The normalized spacial score (nSPS) is 12.8. The third-order valence-corrected chi connectivity index (χ3v) is 4.35. The van der Waals surface area contributed by atoms with Gasteiger partial charge in [-0.1, -0.05) is 30.3 Å². The van der Waals surface area contributed by atoms with E-state index in [1.807, 2.05) is 30.3 Å². The first kappa shape index (κ1) is 17.0. The average Bonchev–Trinajstić information content (AvgIpc) is 2.96. The Labute approximate surface area is 146 Å². The molecule has 0 radical (unpaired) electrons. The smallest absolute Gasteiger partial charge is 0.326 e. The number of carbonyl (C=O) groups is 2. The molecule has 1 aliphatic rings. The summed E-state index contributed by atoms with van der Waals surface area (Å²) in [5, 5.41) is 14.4. The summed E-state index contributed by atoms with van der Waals surface area (Å²) < 4.78 is 0. The van der Waals surface area contributed by atoms with Crippen molar-refractivity contribution in [1.82, 2.24) is 5.32 Å². The molecule has 1 atom stereocenters. The zero-order valence-electron chi connectivity index (χ0n) is 13.8. The van der Waals surface area contributed by atoms with Crippen LogP contribution in [0.2, 0.25) is 0 Å². The summed E-state index contributed by atoms with van der Waals surface area (Å²) in [6.45, 7) is 0.387. The largest absolute Gasteiger partial charge is 0.480 e. The van der Waals surface area contributed by atoms with Gasteiger partial charge in [0.1, 0.15) is 6.04 Å². The van der Waals surface area contributed by atoms with Gasteiger partial charge in [0.25, 0.3) is 0 Å². The number of benzene rings is 2. The van der Waals surface area contributed by atoms with E-state index in [4.69, 9.17) is 10.8 Å². The van der Waals surface area contributed by atoms with E-state index in [9.17, 15) is 9.59 Å². The van der Waals surface area contributed by atoms with Crippen molar-refractivity contribution in [3.63, 3.8) is 0 Å². The van der Waals surface area contributed by atoms with Crippen molar-refractivity contribution in [2.45, 2.75) is 25.3 Å². The molecule has 0 aliphatic heterocycles. The number of nitrogens with one attached hydrogen (secondary N) is 2. The summed E-state index contributed by atoms with van der Waals surface area (Å²) in [5.41, 5.74) is 10.9. The Kier molecular flexibility index (Phi) is 5.00. The topological polar surface area (TPSA) is 104 Å². The molecule has 0 saturated carbocycles. The molecule has 3 rings (SSSR count). The number of amides is 2. The molecule has 2 aromatic carbocycles. The monoisotopic (exact) mass is 339 g/mol. The lowest BCUT2D eigenvalue weighted by Gasteiger charge is -2.15. The number of carboxylic acid groups (broad SMARTS) is 1. The molecule has 5 N–H and O–H groups in total. The highest BCUT2D eigenvalue weighted by molar-refractivity contribution is 5.93. The Morgan fingerprint density at radius 3 is 2.64 bits per heavy atom. The van der Waals surface area contributed by atoms with Gasteiger partial charge in [-0.25, -0.2) is 9.59 Å². The van der Waals surface area contributed by atoms with Crippen LogP contribution in [0.25, 0.3) is 11.1 Å². The van der Waals surface area contributed by atoms with Crippen LogP contribution in [0.5, 0.6) is 0 Å². The average molecular weight is 339 g/mol. The van der Waals surface area contributed by atoms with Gasteiger partial charge in [0.05, 0.1) is 0 Å². The molecule has 0 spiro atoms. The number of hydrogen-bond acceptors (Lipinski definition) is 3. The summed E-state index contributed by atoms with van der Waals surface area (Å²) in [4.78, 5) is 23.3. The highest BCUT2D eigenvalue weighted by Gasteiger charge is 2.21. The van der Waals surface area contributed by atoms with Crippen LogP contribution in [-0.4, -0.2) is 29.7 Å². The lowest BCUT2D eigenvalue weighted by molar-refractivity contribution is -0.139. The molecule has 1 aliphatic carbocycles. The lowest BCUT2D eigenvalue weighted by atomic mass is 10.1. The quantitative estimate of drug-likeness (QED) is 0.554. The maximum absolute atomic E-state index is 12.1. The lowest BCUT2D eigenvalue weighted by Crippen LogP contribution is -2.43. The van der Waals surface area contributed by atoms with Crippen molar-refractivity contribution in [1.29, 1.82) is 0 Å². The van der Waals surface area contributed by atoms with Gasteiger partial charge < -0.3 is 21.5 Å². The molecule has 0 heterocycles. The van der Waals surface area contributed by atoms with E-state index in [-0.39, 0.29) is 0 Å². The minimum Gasteiger partial charge on any atom is -0.480 e. The van der Waals surface area contributed by atoms with Gasteiger partial charge in [-0.3, -0.25) is 0 Å². The van der Waals surface area contributed by atoms with Crippen LogP contribution in [0.3, 0.4) is 0 Å². The van der Waals surface area contributed by atoms with Crippen LogP contribution in [0.1, 0.15) is 24.0 Å². The van der Waals surface area contributed by atoms with Crippen molar-refractivity contribution in [3.8, 4) is 11.1 Å². The summed E-state index contributed by atoms with van der Waals surface area (Å²) in [6, 6.07) is 12.5. The van der Waals surface area contributed by atoms with Crippen molar-refractivity contribution < 1.29 is 14.7 Å². The molecule has 0 saturated heterocycles. The van der Waals surface area contributed by atoms with E-state index in [0.717, 1.165) is 12.0 Å². The van der Waals surface area contributed by atoms with Gasteiger partial charge in [-0.05, 0) is 60.2 Å². The minimum atomic E-state index is -1.06. The third kappa shape index (κ3) is 3.80. The van der Waals surface area contributed by atoms with Gasteiger partial charge in [-0.15, -0.1) is 0 Å². The Morgan fingerprint density at radius 1 is 1.12 bits per heavy atom. The fraction of sp³-hybridized carbons (Fsp3) is 0.263. The molecule has 0 aromatic heterocycles. The van der Waals surface area contributed by atoms with E-state index >= 15 is 0 Å². The first-order chi connectivity index (χ1) is 12.1. The third-order valence-electron chi connectivity index (χ3n) is 4.35. The number of nitrogens with two attached hydrogens (primary N) is 1. The summed E-state index contributed by atoms with van der Waals surface area (Å²) in [5.74, 6) is -1.06. The Hall–Kier alpha value is -2.86. The van der Waals surface area contributed by atoms with E-state index in [0.29, 0.717) is 25.1 Å². The van der Waals surface area contributed by atoms with Crippen molar-refractivity contribution in [2.24, 2.45) is 5.73 Å². The molecule has 1 unspecified atom stereocenters. The van der Waals surface area contributed by atoms with E-state index < -0.39 is 18.0 Å². The number of urea groups is 1. The van der Waals surface area contributed by atoms with Gasteiger partial charge in [-0.2, -0.15) is 0 Å². The van der Waals surface area contributed by atoms with Crippen LogP contribution in [-0.2, 0) is 11.2 Å². The minimum absolute atomic E-state index is 0.304. The highest BCUT2D eigenvalue weighted by Crippen LogP contribution is 2.37. The van der Waals surface area contributed by atoms with E-state index in [2.05, 4.69) is 22.8 Å². The molecule has 2 amide bonds. The number of hydrogen-bond donors (Lipinski definition) is 4. The van der Waals surface area contributed by atoms with Crippen LogP contribution < -0.4 is 16.4 Å². The zero-order chi connectivity index (χ0) is 17.8. The van der Waals surface area contributed by atoms with Crippen molar-refractivity contribution >= 4 is 17.7 Å². The fourth-order valence-electron chi connectivity index (χ4n) is 3.13. The summed E-state index contributed by atoms with van der Waals surface area (Å²) in [6.07, 6.45) is 1.67. The van der Waals surface area contributed by atoms with E-state index in [1.54, 1.807) is 0 Å². The molecular formula is C19H21N3O3. The van der Waals surface area contributed by atoms with Crippen LogP contribution >= 0.6 is 0 Å². The van der Waals surface area contributed by atoms with Crippen LogP contribution in [0.15, 0.2) is 42.5 Å². The second-order valence-electron chi connectivity index (χ2n) is 6.13. The molecule has 25 heavy (non-hydrogen) atoms. The SMILES string of the molecule is NCCCC(NC(=O)Nc1ccc2c(c1)Cc1ccccc1-2)C(=O)O. The standard InChI is InChI=1S/C19H21N3O3/c20-9-3-6-17(18(23)24)22-19(25)21-14-7-8-16-13(11-14)10-12-4-1-2-5-15(12)16/h1-2,4-5,7-8,11,17H,3,6,9-10,20H2,(H,23,24)(H2,21,22,25). The number of carbonyl (C=O) groups excluding carboxylic acids is 1. The second-order valence-corrected chi connectivity index (χ2v) is 6.13. The maximum Gasteiger partial charge on any atom is 0.326 e. The highest BCUT2D eigenvalue weighted by atomic mass is 16.4. The van der Waals surface area contributed by atoms with Gasteiger partial charge in [0.15, 0.2) is 0 Å². The van der Waals surface area contributed by atoms with Crippen LogP contribution in [0.4, 0.5) is 10.5 Å². The molecule has 2 aromatic rings. The summed E-state index contributed by atoms with van der Waals surface area (Å²) >= 11 is 0. The summed E-state index contributed by atoms with van der Waals surface area (Å²) in [7, 11) is 0. The van der Waals surface area contributed by atoms with Gasteiger partial charge in [0.2, 0.25) is 0 Å². The predicted molar refractivity (Wildman–Crippen MR) is 96.6 cm³/mol. The number of fused-ring (bicyclic) bond motifs is 3. The Morgan fingerprint density at radius 2 is 1.88 bits per heavy atom. The molecule has 0 fully saturated rings. The van der Waals surface area contributed by atoms with E-state index in [1.165, 1.54) is 16.7 Å². The van der Waals surface area contributed by atoms with Gasteiger partial charge in [0, 0.05) is 5.69 Å².